The molecule has 33 heavy (non-hydrogen) atoms. The third-order valence-electron chi connectivity index (χ3n) is 4.71. The molecule has 0 saturated carbocycles. The maximum absolute atomic E-state index is 12.5. The van der Waals surface area contributed by atoms with Gasteiger partial charge >= 0.3 is 17.9 Å². The number of nitrogens with one attached hydrogen (secondary N) is 1. The zero-order valence-electron chi connectivity index (χ0n) is 18.7. The maximum Gasteiger partial charge on any atom is 0.325 e. The van der Waals surface area contributed by atoms with Crippen LogP contribution < -0.4 is 5.32 Å². The molecule has 0 unspecified atom stereocenters. The number of ether oxygens (including phenoxy) is 3. The topological polar surface area (TPSA) is 94.2 Å². The third-order valence-corrected chi connectivity index (χ3v) is 5.20. The first-order valence-electron chi connectivity index (χ1n) is 10.4. The van der Waals surface area contributed by atoms with E-state index in [0.29, 0.717) is 0 Å². The van der Waals surface area contributed by atoms with Gasteiger partial charge in [0.25, 0.3) is 0 Å². The molecule has 0 aliphatic rings. The number of hydrogen-bond acceptors (Lipinski definition) is 8. The Morgan fingerprint density at radius 1 is 0.848 bits per heavy atom. The standard InChI is InChI=1S/C24H28N2O6S/c1-18(24(33)25-13-21(27)30-2)26(14-22(28)31-16-19-9-5-3-6-10-19)15-23(29)32-17-20-11-7-4-8-12-20/h3-12,18H,13-17H2,1-2H3,(H,25,33)/t18-/m0/s1. The minimum absolute atomic E-state index is 0.116. The van der Waals surface area contributed by atoms with Gasteiger partial charge in [0.05, 0.1) is 31.2 Å². The summed E-state index contributed by atoms with van der Waals surface area (Å²) in [7, 11) is 1.27. The average Bonchev–Trinajstić information content (AvgIpc) is 2.84. The first kappa shape index (κ1) is 26.0. The van der Waals surface area contributed by atoms with Crippen molar-refractivity contribution >= 4 is 35.1 Å². The molecular formula is C24H28N2O6S. The van der Waals surface area contributed by atoms with Gasteiger partial charge in [-0.25, -0.2) is 0 Å². The summed E-state index contributed by atoms with van der Waals surface area (Å²) in [6, 6.07) is 18.0. The van der Waals surface area contributed by atoms with Crippen molar-refractivity contribution in [2.75, 3.05) is 26.7 Å². The highest BCUT2D eigenvalue weighted by Gasteiger charge is 2.25. The Hall–Kier alpha value is -3.30. The Morgan fingerprint density at radius 2 is 1.30 bits per heavy atom. The van der Waals surface area contributed by atoms with Crippen molar-refractivity contribution in [1.29, 1.82) is 0 Å². The van der Waals surface area contributed by atoms with Crippen LogP contribution >= 0.6 is 12.2 Å². The molecule has 9 heteroatoms. The summed E-state index contributed by atoms with van der Waals surface area (Å²) in [5.41, 5.74) is 1.70. The van der Waals surface area contributed by atoms with Crippen LogP contribution in [0.15, 0.2) is 60.7 Å². The maximum atomic E-state index is 12.5. The molecule has 0 aliphatic heterocycles. The molecule has 2 aromatic rings. The molecule has 2 aromatic carbocycles. The molecule has 0 spiro atoms. The van der Waals surface area contributed by atoms with E-state index in [9.17, 15) is 14.4 Å². The van der Waals surface area contributed by atoms with E-state index < -0.39 is 23.9 Å². The van der Waals surface area contributed by atoms with Gasteiger partial charge in [-0.1, -0.05) is 72.9 Å². The summed E-state index contributed by atoms with van der Waals surface area (Å²) in [5, 5.41) is 2.79. The summed E-state index contributed by atoms with van der Waals surface area (Å²) in [6.07, 6.45) is 0. The van der Waals surface area contributed by atoms with Gasteiger partial charge in [0.15, 0.2) is 0 Å². The van der Waals surface area contributed by atoms with E-state index in [-0.39, 0.29) is 37.8 Å². The van der Waals surface area contributed by atoms with Crippen LogP contribution in [-0.2, 0) is 41.8 Å². The number of carbonyl (C=O) groups excluding carboxylic acids is 3. The lowest BCUT2D eigenvalue weighted by atomic mass is 10.2. The number of carbonyl (C=O) groups is 3. The van der Waals surface area contributed by atoms with Crippen molar-refractivity contribution in [2.45, 2.75) is 26.2 Å². The second-order valence-electron chi connectivity index (χ2n) is 7.17. The molecule has 1 atom stereocenters. The molecule has 0 aromatic heterocycles. The highest BCUT2D eigenvalue weighted by Crippen LogP contribution is 2.07. The second-order valence-corrected chi connectivity index (χ2v) is 7.61. The van der Waals surface area contributed by atoms with Gasteiger partial charge < -0.3 is 19.5 Å². The Labute approximate surface area is 198 Å². The van der Waals surface area contributed by atoms with E-state index in [0.717, 1.165) is 11.1 Å². The number of esters is 3. The Balaban J connectivity index is 1.97. The molecule has 0 saturated heterocycles. The first-order valence-corrected chi connectivity index (χ1v) is 10.8. The Kier molecular flexibility index (Phi) is 11.0. The normalized spacial score (nSPS) is 11.4. The summed E-state index contributed by atoms with van der Waals surface area (Å²) >= 11 is 5.34. The molecule has 1 N–H and O–H groups in total. The van der Waals surface area contributed by atoms with Crippen molar-refractivity contribution in [3.8, 4) is 0 Å². The van der Waals surface area contributed by atoms with Gasteiger partial charge in [-0.15, -0.1) is 0 Å². The molecule has 8 nitrogen and oxygen atoms in total. The number of thiocarbonyl (C=S) groups is 1. The van der Waals surface area contributed by atoms with E-state index in [4.69, 9.17) is 21.7 Å². The minimum atomic E-state index is -0.543. The molecule has 0 fully saturated rings. The SMILES string of the molecule is COC(=O)CNC(=S)[C@H](C)N(CC(=O)OCc1ccccc1)CC(=O)OCc1ccccc1. The van der Waals surface area contributed by atoms with Crippen LogP contribution in [0.3, 0.4) is 0 Å². The highest BCUT2D eigenvalue weighted by atomic mass is 32.1. The van der Waals surface area contributed by atoms with E-state index in [1.807, 2.05) is 60.7 Å². The van der Waals surface area contributed by atoms with Crippen LogP contribution in [-0.4, -0.2) is 60.6 Å². The fourth-order valence-electron chi connectivity index (χ4n) is 2.77. The number of benzene rings is 2. The van der Waals surface area contributed by atoms with Gasteiger partial charge in [-0.05, 0) is 18.1 Å². The Morgan fingerprint density at radius 3 is 1.73 bits per heavy atom. The van der Waals surface area contributed by atoms with Crippen molar-refractivity contribution in [2.24, 2.45) is 0 Å². The largest absolute Gasteiger partial charge is 0.468 e. The molecule has 0 bridgehead atoms. The highest BCUT2D eigenvalue weighted by molar-refractivity contribution is 7.80. The predicted molar refractivity (Wildman–Crippen MR) is 126 cm³/mol. The Bertz CT molecular complexity index is 866. The van der Waals surface area contributed by atoms with Crippen molar-refractivity contribution in [3.05, 3.63) is 71.8 Å². The van der Waals surface area contributed by atoms with Crippen LogP contribution in [0.25, 0.3) is 0 Å². The zero-order chi connectivity index (χ0) is 24.1. The van der Waals surface area contributed by atoms with Gasteiger partial charge in [0, 0.05) is 0 Å². The molecule has 2 rings (SSSR count). The molecule has 0 heterocycles. The van der Waals surface area contributed by atoms with Crippen molar-refractivity contribution in [1.82, 2.24) is 10.2 Å². The first-order chi connectivity index (χ1) is 15.9. The molecular weight excluding hydrogens is 444 g/mol. The molecule has 0 aliphatic carbocycles. The van der Waals surface area contributed by atoms with Crippen LogP contribution in [0.4, 0.5) is 0 Å². The monoisotopic (exact) mass is 472 g/mol. The molecule has 0 amide bonds. The summed E-state index contributed by atoms with van der Waals surface area (Å²) in [5.74, 6) is -1.52. The summed E-state index contributed by atoms with van der Waals surface area (Å²) < 4.78 is 15.3. The number of nitrogens with zero attached hydrogens (tertiary/aromatic N) is 1. The minimum Gasteiger partial charge on any atom is -0.468 e. The van der Waals surface area contributed by atoms with Gasteiger partial charge in [0.1, 0.15) is 19.8 Å². The quantitative estimate of drug-likeness (QED) is 0.284. The smallest absolute Gasteiger partial charge is 0.325 e. The van der Waals surface area contributed by atoms with E-state index in [2.05, 4.69) is 10.1 Å². The van der Waals surface area contributed by atoms with Gasteiger partial charge in [0.2, 0.25) is 0 Å². The molecule has 0 radical (unpaired) electrons. The lowest BCUT2D eigenvalue weighted by Gasteiger charge is -2.28. The van der Waals surface area contributed by atoms with Gasteiger partial charge in [-0.2, -0.15) is 0 Å². The van der Waals surface area contributed by atoms with E-state index in [1.165, 1.54) is 12.0 Å². The number of methoxy groups -OCH3 is 1. The van der Waals surface area contributed by atoms with E-state index >= 15 is 0 Å². The van der Waals surface area contributed by atoms with Gasteiger partial charge in [-0.3, -0.25) is 19.3 Å². The fourth-order valence-corrected chi connectivity index (χ4v) is 3.00. The second kappa shape index (κ2) is 14.0. The van der Waals surface area contributed by atoms with Crippen LogP contribution in [0, 0.1) is 0 Å². The van der Waals surface area contributed by atoms with Crippen molar-refractivity contribution < 1.29 is 28.6 Å². The summed E-state index contributed by atoms with van der Waals surface area (Å²) in [4.78, 5) is 38.2. The lowest BCUT2D eigenvalue weighted by molar-refractivity contribution is -0.150. The van der Waals surface area contributed by atoms with E-state index in [1.54, 1.807) is 6.92 Å². The van der Waals surface area contributed by atoms with Crippen LogP contribution in [0.5, 0.6) is 0 Å². The average molecular weight is 473 g/mol. The van der Waals surface area contributed by atoms with Crippen LogP contribution in [0.2, 0.25) is 0 Å². The van der Waals surface area contributed by atoms with Crippen LogP contribution in [0.1, 0.15) is 18.1 Å². The number of hydrogen-bond donors (Lipinski definition) is 1. The fraction of sp³-hybridized carbons (Fsp3) is 0.333. The lowest BCUT2D eigenvalue weighted by Crippen LogP contribution is -2.49. The van der Waals surface area contributed by atoms with Crippen molar-refractivity contribution in [3.63, 3.8) is 0 Å². The third kappa shape index (κ3) is 9.80. The molecule has 176 valence electrons. The predicted octanol–water partition coefficient (Wildman–Crippen LogP) is 2.25. The number of rotatable bonds is 12. The summed E-state index contributed by atoms with van der Waals surface area (Å²) in [6.45, 7) is 1.46. The zero-order valence-corrected chi connectivity index (χ0v) is 19.5.